The molecule has 1 N–H and O–H groups in total. The SMILES string of the molecule is CCNC(Cc1cccc(F)c1)c1cc(C)ccc1F. The number of likely N-dealkylation sites (N-methyl/N-ethyl adjacent to an activating group) is 1. The van der Waals surface area contributed by atoms with Gasteiger partial charge in [0, 0.05) is 11.6 Å². The first kappa shape index (κ1) is 14.7. The molecule has 0 amide bonds. The van der Waals surface area contributed by atoms with Crippen LogP contribution in [0.4, 0.5) is 8.78 Å². The number of nitrogens with one attached hydrogen (secondary N) is 1. The van der Waals surface area contributed by atoms with Crippen molar-refractivity contribution in [3.63, 3.8) is 0 Å². The Hall–Kier alpha value is -1.74. The summed E-state index contributed by atoms with van der Waals surface area (Å²) in [4.78, 5) is 0. The van der Waals surface area contributed by atoms with Gasteiger partial charge in [0.05, 0.1) is 0 Å². The van der Waals surface area contributed by atoms with Crippen molar-refractivity contribution in [3.05, 3.63) is 70.8 Å². The molecule has 0 spiro atoms. The van der Waals surface area contributed by atoms with Crippen molar-refractivity contribution in [1.82, 2.24) is 5.32 Å². The number of hydrogen-bond donors (Lipinski definition) is 1. The monoisotopic (exact) mass is 275 g/mol. The Morgan fingerprint density at radius 3 is 2.60 bits per heavy atom. The molecule has 0 aliphatic rings. The van der Waals surface area contributed by atoms with E-state index < -0.39 is 0 Å². The molecule has 1 atom stereocenters. The molecule has 0 fully saturated rings. The lowest BCUT2D eigenvalue weighted by atomic mass is 9.97. The van der Waals surface area contributed by atoms with Crippen LogP contribution in [0.5, 0.6) is 0 Å². The highest BCUT2D eigenvalue weighted by molar-refractivity contribution is 5.29. The van der Waals surface area contributed by atoms with Gasteiger partial charge in [0.1, 0.15) is 11.6 Å². The van der Waals surface area contributed by atoms with Gasteiger partial charge >= 0.3 is 0 Å². The fraction of sp³-hybridized carbons (Fsp3) is 0.294. The average molecular weight is 275 g/mol. The predicted molar refractivity (Wildman–Crippen MR) is 77.7 cm³/mol. The van der Waals surface area contributed by atoms with E-state index in [9.17, 15) is 8.78 Å². The largest absolute Gasteiger partial charge is 0.310 e. The highest BCUT2D eigenvalue weighted by atomic mass is 19.1. The van der Waals surface area contributed by atoms with Crippen LogP contribution < -0.4 is 5.32 Å². The number of benzene rings is 2. The molecule has 0 aliphatic heterocycles. The molecule has 1 nitrogen and oxygen atoms in total. The highest BCUT2D eigenvalue weighted by Gasteiger charge is 2.16. The average Bonchev–Trinajstić information content (AvgIpc) is 2.41. The van der Waals surface area contributed by atoms with Crippen molar-refractivity contribution in [2.45, 2.75) is 26.3 Å². The van der Waals surface area contributed by atoms with Gasteiger partial charge in [0.2, 0.25) is 0 Å². The lowest BCUT2D eigenvalue weighted by Crippen LogP contribution is -2.24. The van der Waals surface area contributed by atoms with Crippen molar-refractivity contribution in [1.29, 1.82) is 0 Å². The van der Waals surface area contributed by atoms with Crippen LogP contribution in [0.25, 0.3) is 0 Å². The molecule has 1 unspecified atom stereocenters. The smallest absolute Gasteiger partial charge is 0.128 e. The van der Waals surface area contributed by atoms with Gasteiger partial charge in [-0.25, -0.2) is 8.78 Å². The zero-order valence-electron chi connectivity index (χ0n) is 11.8. The third-order valence-corrected chi connectivity index (χ3v) is 3.31. The minimum Gasteiger partial charge on any atom is -0.310 e. The molecular formula is C17H19F2N. The van der Waals surface area contributed by atoms with Crippen LogP contribution in [-0.2, 0) is 6.42 Å². The van der Waals surface area contributed by atoms with Crippen molar-refractivity contribution < 1.29 is 8.78 Å². The second-order valence-corrected chi connectivity index (χ2v) is 4.97. The minimum atomic E-state index is -0.262. The van der Waals surface area contributed by atoms with E-state index in [0.29, 0.717) is 12.0 Å². The Kier molecular flexibility index (Phi) is 4.85. The molecule has 0 aromatic heterocycles. The van der Waals surface area contributed by atoms with Gasteiger partial charge in [0.25, 0.3) is 0 Å². The summed E-state index contributed by atoms with van der Waals surface area (Å²) in [6.45, 7) is 4.65. The number of aryl methyl sites for hydroxylation is 1. The van der Waals surface area contributed by atoms with E-state index in [1.165, 1.54) is 18.2 Å². The number of rotatable bonds is 5. The summed E-state index contributed by atoms with van der Waals surface area (Å²) < 4.78 is 27.3. The van der Waals surface area contributed by atoms with Gasteiger partial charge < -0.3 is 5.32 Å². The molecule has 0 heterocycles. The maximum atomic E-state index is 14.0. The summed E-state index contributed by atoms with van der Waals surface area (Å²) in [6.07, 6.45) is 0.561. The summed E-state index contributed by atoms with van der Waals surface area (Å²) in [6, 6.07) is 11.4. The minimum absolute atomic E-state index is 0.151. The van der Waals surface area contributed by atoms with Crippen LogP contribution >= 0.6 is 0 Å². The lowest BCUT2D eigenvalue weighted by molar-refractivity contribution is 0.508. The number of halogens is 2. The molecule has 20 heavy (non-hydrogen) atoms. The van der Waals surface area contributed by atoms with Crippen LogP contribution in [0.2, 0.25) is 0 Å². The van der Waals surface area contributed by atoms with Crippen molar-refractivity contribution >= 4 is 0 Å². The zero-order valence-corrected chi connectivity index (χ0v) is 11.8. The summed E-state index contributed by atoms with van der Waals surface area (Å²) in [5.74, 6) is -0.486. The summed E-state index contributed by atoms with van der Waals surface area (Å²) in [5, 5.41) is 3.27. The Bertz CT molecular complexity index is 581. The molecule has 0 radical (unpaired) electrons. The van der Waals surface area contributed by atoms with Crippen LogP contribution in [0.1, 0.15) is 29.7 Å². The van der Waals surface area contributed by atoms with Crippen LogP contribution in [0, 0.1) is 18.6 Å². The fourth-order valence-electron chi connectivity index (χ4n) is 2.37. The van der Waals surface area contributed by atoms with Gasteiger partial charge in [0.15, 0.2) is 0 Å². The molecule has 0 saturated heterocycles. The summed E-state index contributed by atoms with van der Waals surface area (Å²) in [5.41, 5.74) is 2.51. The Labute approximate surface area is 118 Å². The van der Waals surface area contributed by atoms with Crippen molar-refractivity contribution in [2.75, 3.05) is 6.54 Å². The maximum Gasteiger partial charge on any atom is 0.128 e. The molecule has 0 saturated carbocycles. The van der Waals surface area contributed by atoms with E-state index in [-0.39, 0.29) is 17.7 Å². The van der Waals surface area contributed by atoms with Gasteiger partial charge in [-0.15, -0.1) is 0 Å². The van der Waals surface area contributed by atoms with Gasteiger partial charge in [-0.05, 0) is 43.7 Å². The van der Waals surface area contributed by atoms with Gasteiger partial charge in [-0.2, -0.15) is 0 Å². The lowest BCUT2D eigenvalue weighted by Gasteiger charge is -2.19. The molecule has 2 aromatic carbocycles. The van der Waals surface area contributed by atoms with Crippen LogP contribution in [0.3, 0.4) is 0 Å². The maximum absolute atomic E-state index is 14.0. The van der Waals surface area contributed by atoms with Crippen LogP contribution in [-0.4, -0.2) is 6.54 Å². The first-order valence-corrected chi connectivity index (χ1v) is 6.84. The summed E-state index contributed by atoms with van der Waals surface area (Å²) in [7, 11) is 0. The first-order valence-electron chi connectivity index (χ1n) is 6.84. The molecule has 2 aromatic rings. The number of hydrogen-bond acceptors (Lipinski definition) is 1. The highest BCUT2D eigenvalue weighted by Crippen LogP contribution is 2.23. The Morgan fingerprint density at radius 1 is 1.10 bits per heavy atom. The summed E-state index contributed by atoms with van der Waals surface area (Å²) >= 11 is 0. The standard InChI is InChI=1S/C17H19F2N/c1-3-20-17(11-13-5-4-6-14(18)10-13)15-9-12(2)7-8-16(15)19/h4-10,17,20H,3,11H2,1-2H3. The van der Waals surface area contributed by atoms with Gasteiger partial charge in [-0.1, -0.05) is 36.8 Å². The van der Waals surface area contributed by atoms with Gasteiger partial charge in [-0.3, -0.25) is 0 Å². The predicted octanol–water partition coefficient (Wildman–Crippen LogP) is 4.17. The molecule has 2 rings (SSSR count). The third kappa shape index (κ3) is 3.64. The van der Waals surface area contributed by atoms with Crippen molar-refractivity contribution in [3.8, 4) is 0 Å². The van der Waals surface area contributed by atoms with E-state index in [1.807, 2.05) is 26.0 Å². The van der Waals surface area contributed by atoms with E-state index in [4.69, 9.17) is 0 Å². The van der Waals surface area contributed by atoms with Crippen molar-refractivity contribution in [2.24, 2.45) is 0 Å². The second kappa shape index (κ2) is 6.62. The Balaban J connectivity index is 2.29. The van der Waals surface area contributed by atoms with E-state index in [2.05, 4.69) is 5.32 Å². The zero-order chi connectivity index (χ0) is 14.5. The van der Waals surface area contributed by atoms with E-state index in [1.54, 1.807) is 12.1 Å². The van der Waals surface area contributed by atoms with Crippen LogP contribution in [0.15, 0.2) is 42.5 Å². The molecule has 106 valence electrons. The molecule has 0 aliphatic carbocycles. The van der Waals surface area contributed by atoms with E-state index in [0.717, 1.165) is 17.7 Å². The molecule has 0 bridgehead atoms. The second-order valence-electron chi connectivity index (χ2n) is 4.97. The third-order valence-electron chi connectivity index (χ3n) is 3.31. The first-order chi connectivity index (χ1) is 9.60. The molecule has 3 heteroatoms. The normalized spacial score (nSPS) is 12.4. The molecular weight excluding hydrogens is 256 g/mol. The topological polar surface area (TPSA) is 12.0 Å². The van der Waals surface area contributed by atoms with E-state index >= 15 is 0 Å². The Morgan fingerprint density at radius 2 is 1.90 bits per heavy atom. The quantitative estimate of drug-likeness (QED) is 0.863. The fourth-order valence-corrected chi connectivity index (χ4v) is 2.37.